The molecule has 1 unspecified atom stereocenters. The largest absolute Gasteiger partial charge is 0.496 e. The highest BCUT2D eigenvalue weighted by Crippen LogP contribution is 2.35. The number of hydrogen-bond donors (Lipinski definition) is 2. The van der Waals surface area contributed by atoms with Crippen LogP contribution in [0.2, 0.25) is 0 Å². The van der Waals surface area contributed by atoms with E-state index in [2.05, 4.69) is 33.5 Å². The Morgan fingerprint density at radius 3 is 2.90 bits per heavy atom. The lowest BCUT2D eigenvalue weighted by Gasteiger charge is -2.12. The maximum atomic E-state index is 12.9. The molecule has 0 spiro atoms. The third-order valence-electron chi connectivity index (χ3n) is 5.73. The molecule has 0 radical (unpaired) electrons. The summed E-state index contributed by atoms with van der Waals surface area (Å²) < 4.78 is 10.9. The second kappa shape index (κ2) is 6.90. The number of pyridine rings is 1. The smallest absolute Gasteiger partial charge is 0.190 e. The molecule has 29 heavy (non-hydrogen) atoms. The predicted molar refractivity (Wildman–Crippen MR) is 112 cm³/mol. The highest BCUT2D eigenvalue weighted by Gasteiger charge is 2.21. The molecule has 0 fully saturated rings. The minimum Gasteiger partial charge on any atom is -0.496 e. The molecule has 2 N–H and O–H groups in total. The van der Waals surface area contributed by atoms with Crippen molar-refractivity contribution in [3.63, 3.8) is 0 Å². The van der Waals surface area contributed by atoms with Gasteiger partial charge in [-0.05, 0) is 48.7 Å². The number of benzene rings is 2. The summed E-state index contributed by atoms with van der Waals surface area (Å²) in [4.78, 5) is 20.3. The Kier molecular flexibility index (Phi) is 4.21. The van der Waals surface area contributed by atoms with Crippen LogP contribution in [-0.4, -0.2) is 24.1 Å². The number of aryl methyl sites for hydroxylation is 1. The Balaban J connectivity index is 1.64. The third-order valence-corrected chi connectivity index (χ3v) is 5.73. The van der Waals surface area contributed by atoms with Gasteiger partial charge in [-0.1, -0.05) is 12.1 Å². The Morgan fingerprint density at radius 1 is 1.24 bits per heavy atom. The zero-order valence-corrected chi connectivity index (χ0v) is 16.3. The first kappa shape index (κ1) is 17.7. The molecule has 0 saturated heterocycles. The zero-order valence-electron chi connectivity index (χ0n) is 16.3. The SMILES string of the molecule is CNC1CCc2cc(-c3cc(=O)c4cc(-c5cnco5)c(OC)cc4[nH]3)ccc21. The maximum Gasteiger partial charge on any atom is 0.190 e. The van der Waals surface area contributed by atoms with Gasteiger partial charge in [0.25, 0.3) is 0 Å². The lowest BCUT2D eigenvalue weighted by Crippen LogP contribution is -2.12. The Hall–Kier alpha value is -3.38. The molecule has 1 atom stereocenters. The number of oxazole rings is 1. The van der Waals surface area contributed by atoms with Gasteiger partial charge >= 0.3 is 0 Å². The van der Waals surface area contributed by atoms with Crippen LogP contribution in [0.25, 0.3) is 33.5 Å². The Bertz CT molecular complexity index is 1260. The monoisotopic (exact) mass is 387 g/mol. The van der Waals surface area contributed by atoms with Crippen LogP contribution in [0.15, 0.2) is 58.2 Å². The van der Waals surface area contributed by atoms with Crippen molar-refractivity contribution in [3.05, 3.63) is 70.3 Å². The second-order valence-electron chi connectivity index (χ2n) is 7.30. The van der Waals surface area contributed by atoms with Gasteiger partial charge in [-0.15, -0.1) is 0 Å². The van der Waals surface area contributed by atoms with Crippen molar-refractivity contribution in [1.82, 2.24) is 15.3 Å². The number of fused-ring (bicyclic) bond motifs is 2. The predicted octanol–water partition coefficient (Wildman–Crippen LogP) is 4.07. The number of nitrogens with one attached hydrogen (secondary N) is 2. The summed E-state index contributed by atoms with van der Waals surface area (Å²) in [5, 5.41) is 3.94. The van der Waals surface area contributed by atoms with Crippen LogP contribution in [-0.2, 0) is 6.42 Å². The number of methoxy groups -OCH3 is 1. The molecule has 5 rings (SSSR count). The highest BCUT2D eigenvalue weighted by atomic mass is 16.5. The zero-order chi connectivity index (χ0) is 20.0. The van der Waals surface area contributed by atoms with Gasteiger partial charge in [0.2, 0.25) is 0 Å². The first-order chi connectivity index (χ1) is 14.2. The minimum absolute atomic E-state index is 0.0502. The number of aromatic amines is 1. The summed E-state index contributed by atoms with van der Waals surface area (Å²) in [5.74, 6) is 1.18. The van der Waals surface area contributed by atoms with Crippen LogP contribution in [0.5, 0.6) is 5.75 Å². The van der Waals surface area contributed by atoms with Crippen molar-refractivity contribution in [3.8, 4) is 28.3 Å². The van der Waals surface area contributed by atoms with Crippen LogP contribution in [0, 0.1) is 0 Å². The molecule has 6 heteroatoms. The average molecular weight is 387 g/mol. The van der Waals surface area contributed by atoms with Crippen molar-refractivity contribution in [2.45, 2.75) is 18.9 Å². The number of ether oxygens (including phenoxy) is 1. The maximum absolute atomic E-state index is 12.9. The van der Waals surface area contributed by atoms with Gasteiger partial charge in [-0.25, -0.2) is 4.98 Å². The van der Waals surface area contributed by atoms with E-state index in [-0.39, 0.29) is 5.43 Å². The first-order valence-electron chi connectivity index (χ1n) is 9.62. The highest BCUT2D eigenvalue weighted by molar-refractivity contribution is 5.88. The summed E-state index contributed by atoms with van der Waals surface area (Å²) in [7, 11) is 3.59. The van der Waals surface area contributed by atoms with Crippen LogP contribution in [0.4, 0.5) is 0 Å². The van der Waals surface area contributed by atoms with E-state index >= 15 is 0 Å². The quantitative estimate of drug-likeness (QED) is 0.552. The van der Waals surface area contributed by atoms with E-state index in [0.717, 1.165) is 29.6 Å². The summed E-state index contributed by atoms with van der Waals surface area (Å²) in [6.45, 7) is 0. The summed E-state index contributed by atoms with van der Waals surface area (Å²) in [6, 6.07) is 12.1. The second-order valence-corrected chi connectivity index (χ2v) is 7.30. The fourth-order valence-corrected chi connectivity index (χ4v) is 4.23. The molecule has 6 nitrogen and oxygen atoms in total. The van der Waals surface area contributed by atoms with Gasteiger partial charge in [0.05, 0.1) is 24.4 Å². The topological polar surface area (TPSA) is 80.2 Å². The van der Waals surface area contributed by atoms with Crippen LogP contribution in [0.1, 0.15) is 23.6 Å². The molecule has 4 aromatic rings. The molecule has 0 aliphatic heterocycles. The van der Waals surface area contributed by atoms with Crippen LogP contribution < -0.4 is 15.5 Å². The molecule has 0 bridgehead atoms. The van der Waals surface area contributed by atoms with Crippen molar-refractivity contribution >= 4 is 10.9 Å². The fourth-order valence-electron chi connectivity index (χ4n) is 4.23. The number of rotatable bonds is 4. The molecule has 146 valence electrons. The molecule has 0 amide bonds. The number of H-pyrrole nitrogens is 1. The number of aromatic nitrogens is 2. The van der Waals surface area contributed by atoms with Gasteiger partial charge in [-0.2, -0.15) is 0 Å². The lowest BCUT2D eigenvalue weighted by molar-refractivity contribution is 0.415. The van der Waals surface area contributed by atoms with E-state index in [1.807, 2.05) is 13.1 Å². The first-order valence-corrected chi connectivity index (χ1v) is 9.62. The van der Waals surface area contributed by atoms with Crippen molar-refractivity contribution in [1.29, 1.82) is 0 Å². The molecule has 2 aromatic carbocycles. The molecular weight excluding hydrogens is 366 g/mol. The van der Waals surface area contributed by atoms with Gasteiger partial charge in [0.15, 0.2) is 17.6 Å². The molecular formula is C23H21N3O3. The van der Waals surface area contributed by atoms with E-state index in [1.54, 1.807) is 25.4 Å². The Labute approximate surface area is 167 Å². The minimum atomic E-state index is -0.0502. The van der Waals surface area contributed by atoms with Gasteiger partial charge < -0.3 is 19.5 Å². The van der Waals surface area contributed by atoms with E-state index in [4.69, 9.17) is 9.15 Å². The van der Waals surface area contributed by atoms with Crippen molar-refractivity contribution in [2.24, 2.45) is 0 Å². The van der Waals surface area contributed by atoms with Crippen molar-refractivity contribution in [2.75, 3.05) is 14.2 Å². The summed E-state index contributed by atoms with van der Waals surface area (Å²) in [5.41, 5.74) is 5.86. The molecule has 2 heterocycles. The van der Waals surface area contributed by atoms with E-state index < -0.39 is 0 Å². The number of nitrogens with zero attached hydrogens (tertiary/aromatic N) is 1. The van der Waals surface area contributed by atoms with E-state index in [9.17, 15) is 4.79 Å². The van der Waals surface area contributed by atoms with Gasteiger partial charge in [-0.3, -0.25) is 4.79 Å². The fraction of sp³-hybridized carbons (Fsp3) is 0.217. The molecule has 1 aliphatic carbocycles. The number of hydrogen-bond acceptors (Lipinski definition) is 5. The molecule has 2 aromatic heterocycles. The normalized spacial score (nSPS) is 15.6. The summed E-state index contributed by atoms with van der Waals surface area (Å²) >= 11 is 0. The van der Waals surface area contributed by atoms with Crippen molar-refractivity contribution < 1.29 is 9.15 Å². The average Bonchev–Trinajstić information content (AvgIpc) is 3.42. The van der Waals surface area contributed by atoms with E-state index in [0.29, 0.717) is 28.5 Å². The molecule has 0 saturated carbocycles. The Morgan fingerprint density at radius 2 is 2.14 bits per heavy atom. The summed E-state index contributed by atoms with van der Waals surface area (Å²) in [6.07, 6.45) is 5.11. The third kappa shape index (κ3) is 2.93. The van der Waals surface area contributed by atoms with Crippen LogP contribution >= 0.6 is 0 Å². The van der Waals surface area contributed by atoms with Gasteiger partial charge in [0, 0.05) is 29.3 Å². The van der Waals surface area contributed by atoms with E-state index in [1.165, 1.54) is 17.5 Å². The molecule has 1 aliphatic rings. The lowest BCUT2D eigenvalue weighted by atomic mass is 10.0. The standard InChI is InChI=1S/C23H21N3O3/c1-24-18-6-4-13-7-14(3-5-15(13)18)19-9-21(27)16-8-17(23-11-25-12-29-23)22(28-2)10-20(16)26-19/h3,5,7-12,18,24H,4,6H2,1-2H3,(H,26,27). The van der Waals surface area contributed by atoms with Gasteiger partial charge in [0.1, 0.15) is 5.75 Å². The van der Waals surface area contributed by atoms with Crippen LogP contribution in [0.3, 0.4) is 0 Å².